The molecule has 0 aromatic heterocycles. The molecule has 3 aromatic rings. The summed E-state index contributed by atoms with van der Waals surface area (Å²) >= 11 is 0. The molecule has 0 unspecified atom stereocenters. The number of fused-ring (bicyclic) bond motifs is 1. The average molecular weight is 526 g/mol. The molecular formula is C31H35N5O3. The van der Waals surface area contributed by atoms with Crippen LogP contribution in [0.5, 0.6) is 0 Å². The van der Waals surface area contributed by atoms with Gasteiger partial charge in [0.05, 0.1) is 13.1 Å². The zero-order chi connectivity index (χ0) is 27.4. The van der Waals surface area contributed by atoms with Crippen LogP contribution in [-0.4, -0.2) is 63.5 Å². The van der Waals surface area contributed by atoms with Gasteiger partial charge < -0.3 is 15.1 Å². The first kappa shape index (κ1) is 26.4. The minimum Gasteiger partial charge on any atom is -0.333 e. The second-order valence-electron chi connectivity index (χ2n) is 10.2. The molecule has 3 aromatic carbocycles. The van der Waals surface area contributed by atoms with Crippen molar-refractivity contribution in [3.8, 4) is 0 Å². The van der Waals surface area contributed by atoms with Crippen LogP contribution >= 0.6 is 0 Å². The van der Waals surface area contributed by atoms with E-state index in [9.17, 15) is 14.4 Å². The van der Waals surface area contributed by atoms with Gasteiger partial charge in [0.15, 0.2) is 0 Å². The maximum atomic E-state index is 13.9. The van der Waals surface area contributed by atoms with Crippen molar-refractivity contribution < 1.29 is 14.4 Å². The fraction of sp³-hybridized carbons (Fsp3) is 0.323. The number of piperazine rings is 1. The molecule has 5 rings (SSSR count). The normalized spacial score (nSPS) is 19.2. The Bertz CT molecular complexity index is 1300. The Balaban J connectivity index is 1.44. The van der Waals surface area contributed by atoms with Crippen molar-refractivity contribution in [3.05, 3.63) is 107 Å². The van der Waals surface area contributed by atoms with Crippen LogP contribution in [0.25, 0.3) is 0 Å². The van der Waals surface area contributed by atoms with Crippen molar-refractivity contribution in [1.82, 2.24) is 25.1 Å². The van der Waals surface area contributed by atoms with E-state index in [1.807, 2.05) is 109 Å². The summed E-state index contributed by atoms with van der Waals surface area (Å²) in [5.74, 6) is -0.266. The first-order valence-electron chi connectivity index (χ1n) is 13.5. The summed E-state index contributed by atoms with van der Waals surface area (Å²) in [6.07, 6.45) is 0.268. The summed E-state index contributed by atoms with van der Waals surface area (Å²) < 4.78 is 0. The summed E-state index contributed by atoms with van der Waals surface area (Å²) in [6, 6.07) is 26.3. The number of hydrazine groups is 1. The fourth-order valence-electron chi connectivity index (χ4n) is 5.38. The molecule has 0 aliphatic carbocycles. The van der Waals surface area contributed by atoms with Crippen LogP contribution in [-0.2, 0) is 22.7 Å². The molecule has 0 spiro atoms. The van der Waals surface area contributed by atoms with Crippen molar-refractivity contribution in [3.63, 3.8) is 0 Å². The molecule has 2 aliphatic rings. The fourth-order valence-corrected chi connectivity index (χ4v) is 5.38. The van der Waals surface area contributed by atoms with Crippen LogP contribution in [0.15, 0.2) is 84.9 Å². The third-order valence-electron chi connectivity index (χ3n) is 7.33. The van der Waals surface area contributed by atoms with Crippen molar-refractivity contribution in [2.24, 2.45) is 0 Å². The van der Waals surface area contributed by atoms with Gasteiger partial charge in [-0.05, 0) is 30.0 Å². The monoisotopic (exact) mass is 525 g/mol. The molecular weight excluding hydrogens is 490 g/mol. The molecule has 1 N–H and O–H groups in total. The molecule has 2 heterocycles. The summed E-state index contributed by atoms with van der Waals surface area (Å²) in [6.45, 7) is 5.68. The van der Waals surface area contributed by atoms with Gasteiger partial charge in [-0.15, -0.1) is 0 Å². The number of amides is 4. The summed E-state index contributed by atoms with van der Waals surface area (Å²) in [4.78, 5) is 44.4. The number of benzene rings is 3. The molecule has 2 fully saturated rings. The highest BCUT2D eigenvalue weighted by molar-refractivity contribution is 5.92. The van der Waals surface area contributed by atoms with Crippen LogP contribution in [0.4, 0.5) is 4.79 Å². The standard InChI is InChI=1S/C31H35N5O3/c1-3-18-34(31(39)32-19-24-10-6-4-7-11-24)35-22-28(37)36-27(35)21-33(20-25-16-14-23(2)15-17-25)30(38)29(36)26-12-8-5-9-13-26/h4-17,27,29H,3,18-22H2,1-2H3,(H,32,39)/t27-,29+/m1/s1. The van der Waals surface area contributed by atoms with Gasteiger partial charge in [-0.3, -0.25) is 14.6 Å². The number of hydrogen-bond acceptors (Lipinski definition) is 4. The van der Waals surface area contributed by atoms with Gasteiger partial charge in [0, 0.05) is 19.6 Å². The van der Waals surface area contributed by atoms with E-state index in [0.717, 1.165) is 28.7 Å². The molecule has 2 aliphatic heterocycles. The Morgan fingerprint density at radius 2 is 1.59 bits per heavy atom. The Kier molecular flexibility index (Phi) is 7.93. The predicted molar refractivity (Wildman–Crippen MR) is 149 cm³/mol. The number of nitrogens with zero attached hydrogens (tertiary/aromatic N) is 4. The minimum atomic E-state index is -0.747. The predicted octanol–water partition coefficient (Wildman–Crippen LogP) is 4.09. The van der Waals surface area contributed by atoms with Crippen LogP contribution < -0.4 is 5.32 Å². The average Bonchev–Trinajstić information content (AvgIpc) is 3.28. The van der Waals surface area contributed by atoms with Crippen LogP contribution in [0.3, 0.4) is 0 Å². The maximum absolute atomic E-state index is 13.9. The minimum absolute atomic E-state index is 0.0401. The van der Waals surface area contributed by atoms with E-state index < -0.39 is 12.2 Å². The van der Waals surface area contributed by atoms with Crippen LogP contribution in [0, 0.1) is 6.92 Å². The second kappa shape index (κ2) is 11.7. The first-order chi connectivity index (χ1) is 19.0. The van der Waals surface area contributed by atoms with E-state index in [0.29, 0.717) is 26.2 Å². The lowest BCUT2D eigenvalue weighted by Crippen LogP contribution is -2.62. The van der Waals surface area contributed by atoms with E-state index in [1.165, 1.54) is 0 Å². The van der Waals surface area contributed by atoms with Crippen molar-refractivity contribution in [2.75, 3.05) is 19.6 Å². The highest BCUT2D eigenvalue weighted by Gasteiger charge is 2.52. The molecule has 4 amide bonds. The first-order valence-corrected chi connectivity index (χ1v) is 13.5. The van der Waals surface area contributed by atoms with Crippen LogP contribution in [0.2, 0.25) is 0 Å². The molecule has 2 saturated heterocycles. The number of carbonyl (C=O) groups excluding carboxylic acids is 3. The van der Waals surface area contributed by atoms with E-state index >= 15 is 0 Å². The number of carbonyl (C=O) groups is 3. The lowest BCUT2D eigenvalue weighted by molar-refractivity contribution is -0.158. The van der Waals surface area contributed by atoms with Crippen LogP contribution in [0.1, 0.15) is 41.6 Å². The maximum Gasteiger partial charge on any atom is 0.332 e. The lowest BCUT2D eigenvalue weighted by Gasteiger charge is -2.46. The molecule has 8 nitrogen and oxygen atoms in total. The Morgan fingerprint density at radius 1 is 0.923 bits per heavy atom. The number of hydrogen-bond donors (Lipinski definition) is 1. The highest BCUT2D eigenvalue weighted by Crippen LogP contribution is 2.36. The van der Waals surface area contributed by atoms with Gasteiger partial charge in [-0.2, -0.15) is 5.01 Å². The van der Waals surface area contributed by atoms with Crippen molar-refractivity contribution in [2.45, 2.75) is 45.6 Å². The van der Waals surface area contributed by atoms with Crippen molar-refractivity contribution in [1.29, 1.82) is 0 Å². The van der Waals surface area contributed by atoms with E-state index in [-0.39, 0.29) is 24.4 Å². The van der Waals surface area contributed by atoms with Gasteiger partial charge in [0.2, 0.25) is 5.91 Å². The molecule has 0 saturated carbocycles. The van der Waals surface area contributed by atoms with Gasteiger partial charge in [-0.25, -0.2) is 4.79 Å². The Hall–Kier alpha value is -4.17. The van der Waals surface area contributed by atoms with Gasteiger partial charge in [0.1, 0.15) is 12.2 Å². The zero-order valence-corrected chi connectivity index (χ0v) is 22.5. The number of rotatable bonds is 8. The smallest absolute Gasteiger partial charge is 0.332 e. The SMILES string of the molecule is CCCN(C(=O)NCc1ccccc1)N1CC(=O)N2[C@@H](c3ccccc3)C(=O)N(Cc3ccc(C)cc3)C[C@@H]21. The quantitative estimate of drug-likeness (QED) is 0.481. The summed E-state index contributed by atoms with van der Waals surface area (Å²) in [5, 5.41) is 6.50. The second-order valence-corrected chi connectivity index (χ2v) is 10.2. The van der Waals surface area contributed by atoms with Crippen molar-refractivity contribution >= 4 is 17.8 Å². The zero-order valence-electron chi connectivity index (χ0n) is 22.5. The molecule has 0 bridgehead atoms. The molecule has 2 atom stereocenters. The van der Waals surface area contributed by atoms with Gasteiger partial charge in [-0.1, -0.05) is 97.4 Å². The molecule has 0 radical (unpaired) electrons. The third kappa shape index (κ3) is 5.66. The Labute approximate surface area is 229 Å². The number of aryl methyl sites for hydroxylation is 1. The topological polar surface area (TPSA) is 76.2 Å². The third-order valence-corrected chi connectivity index (χ3v) is 7.33. The van der Waals surface area contributed by atoms with E-state index in [2.05, 4.69) is 5.32 Å². The Morgan fingerprint density at radius 3 is 2.26 bits per heavy atom. The molecule has 39 heavy (non-hydrogen) atoms. The highest BCUT2D eigenvalue weighted by atomic mass is 16.2. The van der Waals surface area contributed by atoms with E-state index in [1.54, 1.807) is 9.91 Å². The molecule has 8 heteroatoms. The summed E-state index contributed by atoms with van der Waals surface area (Å²) in [7, 11) is 0. The molecule has 202 valence electrons. The van der Waals surface area contributed by atoms with Gasteiger partial charge in [0.25, 0.3) is 5.91 Å². The van der Waals surface area contributed by atoms with E-state index in [4.69, 9.17) is 0 Å². The lowest BCUT2D eigenvalue weighted by atomic mass is 10.00. The summed E-state index contributed by atoms with van der Waals surface area (Å²) in [5.41, 5.74) is 3.95. The van der Waals surface area contributed by atoms with Gasteiger partial charge >= 0.3 is 6.03 Å². The largest absolute Gasteiger partial charge is 0.333 e. The number of urea groups is 1. The number of nitrogens with one attached hydrogen (secondary N) is 1.